The largest absolute Gasteiger partial charge is 0.497 e. The number of anilines is 1. The number of nitrogens with zero attached hydrogens (tertiary/aromatic N) is 4. The van der Waals surface area contributed by atoms with Crippen molar-refractivity contribution in [3.8, 4) is 11.8 Å². The number of halogens is 1. The van der Waals surface area contributed by atoms with Crippen molar-refractivity contribution in [2.24, 2.45) is 0 Å². The molecule has 1 saturated carbocycles. The van der Waals surface area contributed by atoms with Crippen LogP contribution in [0.15, 0.2) is 36.7 Å². The average Bonchev–Trinajstić information content (AvgIpc) is 3.16. The van der Waals surface area contributed by atoms with E-state index in [1.807, 2.05) is 24.3 Å². The summed E-state index contributed by atoms with van der Waals surface area (Å²) in [7, 11) is 1.60. The third kappa shape index (κ3) is 5.40. The van der Waals surface area contributed by atoms with Crippen LogP contribution in [0.2, 0.25) is 5.02 Å². The van der Waals surface area contributed by atoms with E-state index in [1.54, 1.807) is 16.9 Å². The Morgan fingerprint density at radius 1 is 1.12 bits per heavy atom. The minimum Gasteiger partial charge on any atom is -0.497 e. The Kier molecular flexibility index (Phi) is 6.94. The highest BCUT2D eigenvalue weighted by molar-refractivity contribution is 6.30. The van der Waals surface area contributed by atoms with Gasteiger partial charge in [-0.1, -0.05) is 11.6 Å². The molecule has 2 heterocycles. The van der Waals surface area contributed by atoms with Gasteiger partial charge in [0.25, 0.3) is 0 Å². The second-order valence-electron chi connectivity index (χ2n) is 7.90. The molecule has 3 amide bonds. The van der Waals surface area contributed by atoms with E-state index in [4.69, 9.17) is 21.1 Å². The first-order valence-corrected chi connectivity index (χ1v) is 11.0. The maximum Gasteiger partial charge on any atom is 0.325 e. The highest BCUT2D eigenvalue weighted by Crippen LogP contribution is 2.24. The molecule has 170 valence electrons. The summed E-state index contributed by atoms with van der Waals surface area (Å²) in [6.45, 7) is 1.12. The number of ether oxygens (including phenoxy) is 2. The van der Waals surface area contributed by atoms with Crippen molar-refractivity contribution >= 4 is 29.2 Å². The molecule has 0 spiro atoms. The van der Waals surface area contributed by atoms with Crippen LogP contribution in [0.25, 0.3) is 0 Å². The Morgan fingerprint density at radius 3 is 2.47 bits per heavy atom. The number of amides is 3. The van der Waals surface area contributed by atoms with Crippen molar-refractivity contribution in [1.82, 2.24) is 20.2 Å². The van der Waals surface area contributed by atoms with Crippen molar-refractivity contribution in [2.75, 3.05) is 31.6 Å². The lowest BCUT2D eigenvalue weighted by molar-refractivity contribution is -0.122. The number of rotatable bonds is 7. The maximum atomic E-state index is 12.7. The van der Waals surface area contributed by atoms with Crippen LogP contribution in [0.1, 0.15) is 25.7 Å². The normalized spacial score (nSPS) is 20.9. The molecule has 1 aliphatic heterocycles. The average molecular weight is 460 g/mol. The number of carbonyl (C=O) groups excluding carboxylic acids is 2. The summed E-state index contributed by atoms with van der Waals surface area (Å²) in [6, 6.07) is 7.55. The van der Waals surface area contributed by atoms with Crippen LogP contribution in [0.3, 0.4) is 0 Å². The van der Waals surface area contributed by atoms with Gasteiger partial charge in [0, 0.05) is 24.8 Å². The molecule has 2 aromatic rings. The fraction of sp³-hybridized carbons (Fsp3) is 0.455. The van der Waals surface area contributed by atoms with E-state index in [2.05, 4.69) is 15.3 Å². The van der Waals surface area contributed by atoms with Gasteiger partial charge in [-0.25, -0.2) is 14.8 Å². The summed E-state index contributed by atoms with van der Waals surface area (Å²) in [5.41, 5.74) is 0.793. The molecule has 4 rings (SSSR count). The van der Waals surface area contributed by atoms with Crippen molar-refractivity contribution in [3.63, 3.8) is 0 Å². The van der Waals surface area contributed by atoms with E-state index < -0.39 is 0 Å². The van der Waals surface area contributed by atoms with Crippen LogP contribution in [-0.2, 0) is 4.79 Å². The molecule has 2 aliphatic rings. The molecule has 0 atom stereocenters. The van der Waals surface area contributed by atoms with Crippen LogP contribution < -0.4 is 19.7 Å². The fourth-order valence-corrected chi connectivity index (χ4v) is 4.11. The molecule has 1 aromatic carbocycles. The summed E-state index contributed by atoms with van der Waals surface area (Å²) in [5, 5.41) is 3.52. The number of aromatic nitrogens is 2. The first kappa shape index (κ1) is 22.1. The lowest BCUT2D eigenvalue weighted by Crippen LogP contribution is -2.45. The van der Waals surface area contributed by atoms with Crippen LogP contribution in [-0.4, -0.2) is 65.7 Å². The number of methoxy groups -OCH3 is 1. The highest BCUT2D eigenvalue weighted by Gasteiger charge is 2.32. The molecule has 10 heteroatoms. The molecule has 0 unspecified atom stereocenters. The SMILES string of the molecule is COc1ccc(N2CCN(CC(=O)NC3CCC(Oc4ncc(Cl)cn4)CC3)C2=O)cc1. The molecular formula is C22H26ClN5O4. The maximum absolute atomic E-state index is 12.7. The monoisotopic (exact) mass is 459 g/mol. The summed E-state index contributed by atoms with van der Waals surface area (Å²) in [6.07, 6.45) is 6.22. The van der Waals surface area contributed by atoms with Crippen LogP contribution >= 0.6 is 11.6 Å². The van der Waals surface area contributed by atoms with E-state index in [9.17, 15) is 9.59 Å². The third-order valence-corrected chi connectivity index (χ3v) is 5.92. The predicted molar refractivity (Wildman–Crippen MR) is 119 cm³/mol. The fourth-order valence-electron chi connectivity index (χ4n) is 4.01. The molecular weight excluding hydrogens is 434 g/mol. The summed E-state index contributed by atoms with van der Waals surface area (Å²) in [4.78, 5) is 36.6. The standard InChI is InChI=1S/C22H26ClN5O4/c1-31-18-8-4-17(5-9-18)28-11-10-27(22(28)30)14-20(29)26-16-2-6-19(7-3-16)32-21-24-12-15(23)13-25-21/h4-5,8-9,12-13,16,19H,2-3,6-7,10-11,14H2,1H3,(H,26,29). The van der Waals surface area contributed by atoms with E-state index in [0.29, 0.717) is 24.1 Å². The zero-order valence-corrected chi connectivity index (χ0v) is 18.6. The molecule has 1 aromatic heterocycles. The molecule has 0 bridgehead atoms. The van der Waals surface area contributed by atoms with Crippen molar-refractivity contribution in [2.45, 2.75) is 37.8 Å². The van der Waals surface area contributed by atoms with Gasteiger partial charge in [-0.15, -0.1) is 0 Å². The zero-order valence-electron chi connectivity index (χ0n) is 17.9. The number of benzene rings is 1. The first-order valence-electron chi connectivity index (χ1n) is 10.7. The smallest absolute Gasteiger partial charge is 0.325 e. The number of nitrogens with one attached hydrogen (secondary N) is 1. The summed E-state index contributed by atoms with van der Waals surface area (Å²) >= 11 is 5.79. The van der Waals surface area contributed by atoms with Gasteiger partial charge >= 0.3 is 12.0 Å². The first-order chi connectivity index (χ1) is 15.5. The highest BCUT2D eigenvalue weighted by atomic mass is 35.5. The molecule has 1 N–H and O–H groups in total. The topological polar surface area (TPSA) is 96.9 Å². The van der Waals surface area contributed by atoms with E-state index in [0.717, 1.165) is 37.1 Å². The van der Waals surface area contributed by atoms with Gasteiger partial charge in [0.05, 0.1) is 24.5 Å². The quantitative estimate of drug-likeness (QED) is 0.683. The van der Waals surface area contributed by atoms with E-state index in [1.165, 1.54) is 12.4 Å². The van der Waals surface area contributed by atoms with Gasteiger partial charge in [0.2, 0.25) is 5.91 Å². The summed E-state index contributed by atoms with van der Waals surface area (Å²) in [5.74, 6) is 0.595. The molecule has 9 nitrogen and oxygen atoms in total. The Labute approximate surface area is 191 Å². The van der Waals surface area contributed by atoms with Crippen molar-refractivity contribution in [3.05, 3.63) is 41.7 Å². The van der Waals surface area contributed by atoms with E-state index in [-0.39, 0.29) is 30.6 Å². The van der Waals surface area contributed by atoms with Gasteiger partial charge in [-0.3, -0.25) is 9.69 Å². The molecule has 0 radical (unpaired) electrons. The molecule has 1 aliphatic carbocycles. The van der Waals surface area contributed by atoms with Crippen LogP contribution in [0, 0.1) is 0 Å². The molecule has 2 fully saturated rings. The van der Waals surface area contributed by atoms with Gasteiger partial charge in [0.15, 0.2) is 0 Å². The number of carbonyl (C=O) groups is 2. The predicted octanol–water partition coefficient (Wildman–Crippen LogP) is 2.89. The number of hydrogen-bond acceptors (Lipinski definition) is 6. The Bertz CT molecular complexity index is 932. The molecule has 32 heavy (non-hydrogen) atoms. The lowest BCUT2D eigenvalue weighted by atomic mass is 9.93. The number of hydrogen-bond donors (Lipinski definition) is 1. The second-order valence-corrected chi connectivity index (χ2v) is 8.33. The Morgan fingerprint density at radius 2 is 1.81 bits per heavy atom. The van der Waals surface area contributed by atoms with Gasteiger partial charge in [-0.2, -0.15) is 0 Å². The third-order valence-electron chi connectivity index (χ3n) is 5.72. The van der Waals surface area contributed by atoms with Crippen LogP contribution in [0.5, 0.6) is 11.8 Å². The summed E-state index contributed by atoms with van der Waals surface area (Å²) < 4.78 is 11.0. The molecule has 1 saturated heterocycles. The minimum absolute atomic E-state index is 0.0162. The van der Waals surface area contributed by atoms with Gasteiger partial charge < -0.3 is 19.7 Å². The lowest BCUT2D eigenvalue weighted by Gasteiger charge is -2.29. The second kappa shape index (κ2) is 10.0. The Balaban J connectivity index is 1.21. The van der Waals surface area contributed by atoms with E-state index >= 15 is 0 Å². The zero-order chi connectivity index (χ0) is 22.5. The van der Waals surface area contributed by atoms with Crippen molar-refractivity contribution in [1.29, 1.82) is 0 Å². The number of urea groups is 1. The van der Waals surface area contributed by atoms with Gasteiger partial charge in [-0.05, 0) is 49.9 Å². The van der Waals surface area contributed by atoms with Crippen molar-refractivity contribution < 1.29 is 19.1 Å². The van der Waals surface area contributed by atoms with Crippen LogP contribution in [0.4, 0.5) is 10.5 Å². The Hall–Kier alpha value is -3.07. The minimum atomic E-state index is -0.162. The van der Waals surface area contributed by atoms with Gasteiger partial charge in [0.1, 0.15) is 18.4 Å².